The zero-order chi connectivity index (χ0) is 21.7. The minimum absolute atomic E-state index is 0.0307. The second-order valence-electron chi connectivity index (χ2n) is 8.28. The van der Waals surface area contributed by atoms with E-state index in [-0.39, 0.29) is 6.17 Å². The largest absolute Gasteiger partial charge is 0.354 e. The fourth-order valence-electron chi connectivity index (χ4n) is 5.04. The Hall–Kier alpha value is -3.55. The van der Waals surface area contributed by atoms with Gasteiger partial charge in [-0.1, -0.05) is 103 Å². The Kier molecular flexibility index (Phi) is 4.34. The lowest BCUT2D eigenvalue weighted by molar-refractivity contribution is 0.366. The van der Waals surface area contributed by atoms with Crippen molar-refractivity contribution in [1.82, 2.24) is 4.90 Å². The zero-order valence-electron chi connectivity index (χ0n) is 17.8. The Balaban J connectivity index is 1.63. The molecule has 0 amide bonds. The fraction of sp³-hybridized carbons (Fsp3) is 0.0714. The smallest absolute Gasteiger partial charge is 0.188 e. The standard InChI is InChI=1S/C28H23N2OP/c1-29-20-27(32(31,21-12-4-2-5-13-21)22-14-6-3-7-15-22)30-26-19-11-10-17-24(26)23-16-8-9-18-25(23)28(29)30/h2-20,28H,1H3. The molecule has 2 heterocycles. The van der Waals surface area contributed by atoms with Crippen LogP contribution in [0.3, 0.4) is 0 Å². The van der Waals surface area contributed by atoms with Gasteiger partial charge in [0.2, 0.25) is 0 Å². The lowest BCUT2D eigenvalue weighted by Gasteiger charge is -2.40. The van der Waals surface area contributed by atoms with Gasteiger partial charge in [0.05, 0.1) is 5.69 Å². The van der Waals surface area contributed by atoms with Crippen LogP contribution in [0.25, 0.3) is 11.1 Å². The molecule has 2 aliphatic rings. The molecule has 0 saturated heterocycles. The van der Waals surface area contributed by atoms with E-state index in [1.807, 2.05) is 60.7 Å². The first kappa shape index (κ1) is 19.2. The van der Waals surface area contributed by atoms with Crippen molar-refractivity contribution in [2.24, 2.45) is 0 Å². The number of nitrogens with zero attached hydrogens (tertiary/aromatic N) is 2. The minimum Gasteiger partial charge on any atom is -0.354 e. The molecule has 4 heteroatoms. The van der Waals surface area contributed by atoms with Crippen LogP contribution in [-0.4, -0.2) is 11.9 Å². The van der Waals surface area contributed by atoms with Crippen LogP contribution in [0.1, 0.15) is 11.7 Å². The molecule has 0 radical (unpaired) electrons. The summed E-state index contributed by atoms with van der Waals surface area (Å²) in [5, 5.41) is 1.70. The van der Waals surface area contributed by atoms with Gasteiger partial charge in [0.25, 0.3) is 0 Å². The average molecular weight is 434 g/mol. The summed E-state index contributed by atoms with van der Waals surface area (Å²) in [6.07, 6.45) is 2.06. The molecule has 0 spiro atoms. The quantitative estimate of drug-likeness (QED) is 0.374. The predicted molar refractivity (Wildman–Crippen MR) is 133 cm³/mol. The highest BCUT2D eigenvalue weighted by Crippen LogP contribution is 2.61. The van der Waals surface area contributed by atoms with Crippen molar-refractivity contribution in [1.29, 1.82) is 0 Å². The van der Waals surface area contributed by atoms with Gasteiger partial charge in [-0.3, -0.25) is 0 Å². The van der Waals surface area contributed by atoms with Crippen molar-refractivity contribution < 1.29 is 4.57 Å². The summed E-state index contributed by atoms with van der Waals surface area (Å²) in [4.78, 5) is 4.49. The van der Waals surface area contributed by atoms with Crippen LogP contribution in [0.15, 0.2) is 121 Å². The Morgan fingerprint density at radius 2 is 1.19 bits per heavy atom. The Morgan fingerprint density at radius 1 is 0.656 bits per heavy atom. The van der Waals surface area contributed by atoms with E-state index < -0.39 is 7.14 Å². The molecular formula is C28H23N2OP. The number of hydrogen-bond acceptors (Lipinski definition) is 3. The molecule has 4 aromatic carbocycles. The van der Waals surface area contributed by atoms with Crippen LogP contribution in [0.5, 0.6) is 0 Å². The van der Waals surface area contributed by atoms with E-state index in [0.29, 0.717) is 0 Å². The number of rotatable bonds is 3. The summed E-state index contributed by atoms with van der Waals surface area (Å²) >= 11 is 0. The van der Waals surface area contributed by atoms with Gasteiger partial charge in [0.1, 0.15) is 11.6 Å². The van der Waals surface area contributed by atoms with Gasteiger partial charge in [0.15, 0.2) is 7.14 Å². The Bertz CT molecular complexity index is 1340. The van der Waals surface area contributed by atoms with E-state index >= 15 is 4.57 Å². The molecular weight excluding hydrogens is 411 g/mol. The molecule has 2 aliphatic heterocycles. The van der Waals surface area contributed by atoms with E-state index in [9.17, 15) is 0 Å². The molecule has 0 saturated carbocycles. The Morgan fingerprint density at radius 3 is 1.84 bits per heavy atom. The topological polar surface area (TPSA) is 23.6 Å². The molecule has 156 valence electrons. The maximum atomic E-state index is 15.2. The number of benzene rings is 4. The summed E-state index contributed by atoms with van der Waals surface area (Å²) in [7, 11) is -1.04. The second kappa shape index (κ2) is 7.25. The summed E-state index contributed by atoms with van der Waals surface area (Å²) in [6, 6.07) is 36.8. The van der Waals surface area contributed by atoms with Crippen molar-refractivity contribution in [2.75, 3.05) is 11.9 Å². The van der Waals surface area contributed by atoms with Crippen molar-refractivity contribution in [2.45, 2.75) is 6.17 Å². The highest BCUT2D eigenvalue weighted by molar-refractivity contribution is 7.82. The monoisotopic (exact) mass is 434 g/mol. The lowest BCUT2D eigenvalue weighted by atomic mass is 9.91. The summed E-state index contributed by atoms with van der Waals surface area (Å²) < 4.78 is 15.2. The van der Waals surface area contributed by atoms with E-state index in [1.54, 1.807) is 0 Å². The predicted octanol–water partition coefficient (Wildman–Crippen LogP) is 5.93. The first-order chi connectivity index (χ1) is 15.7. The fourth-order valence-corrected chi connectivity index (χ4v) is 7.91. The van der Waals surface area contributed by atoms with Gasteiger partial charge < -0.3 is 14.4 Å². The van der Waals surface area contributed by atoms with Crippen molar-refractivity contribution in [3.8, 4) is 11.1 Å². The van der Waals surface area contributed by atoms with Crippen molar-refractivity contribution >= 4 is 23.4 Å². The van der Waals surface area contributed by atoms with Gasteiger partial charge in [-0.15, -0.1) is 0 Å². The van der Waals surface area contributed by atoms with Crippen LogP contribution in [0, 0.1) is 0 Å². The van der Waals surface area contributed by atoms with Crippen LogP contribution in [0.4, 0.5) is 5.69 Å². The maximum absolute atomic E-state index is 15.2. The zero-order valence-corrected chi connectivity index (χ0v) is 18.7. The maximum Gasteiger partial charge on any atom is 0.188 e. The third-order valence-electron chi connectivity index (χ3n) is 6.45. The van der Waals surface area contributed by atoms with E-state index in [4.69, 9.17) is 0 Å². The number of fused-ring (bicyclic) bond motifs is 6. The normalized spacial score (nSPS) is 16.8. The molecule has 6 rings (SSSR count). The van der Waals surface area contributed by atoms with E-state index in [1.165, 1.54) is 16.7 Å². The Labute approximate surface area is 188 Å². The molecule has 0 fully saturated rings. The van der Waals surface area contributed by atoms with E-state index in [2.05, 4.69) is 71.6 Å². The number of anilines is 1. The molecule has 0 N–H and O–H groups in total. The van der Waals surface area contributed by atoms with Gasteiger partial charge in [0, 0.05) is 35.0 Å². The highest BCUT2D eigenvalue weighted by atomic mass is 31.2. The van der Waals surface area contributed by atoms with Gasteiger partial charge in [-0.25, -0.2) is 0 Å². The number of para-hydroxylation sites is 1. The summed E-state index contributed by atoms with van der Waals surface area (Å²) in [5.74, 6) is 0. The van der Waals surface area contributed by atoms with Crippen molar-refractivity contribution in [3.05, 3.63) is 126 Å². The lowest BCUT2D eigenvalue weighted by Crippen LogP contribution is -2.35. The van der Waals surface area contributed by atoms with Crippen molar-refractivity contribution in [3.63, 3.8) is 0 Å². The first-order valence-electron chi connectivity index (χ1n) is 10.8. The molecule has 0 bridgehead atoms. The molecule has 1 atom stereocenters. The number of hydrogen-bond donors (Lipinski definition) is 0. The van der Waals surface area contributed by atoms with E-state index in [0.717, 1.165) is 21.7 Å². The second-order valence-corrected chi connectivity index (χ2v) is 11.0. The van der Waals surface area contributed by atoms with Gasteiger partial charge >= 0.3 is 0 Å². The molecule has 3 nitrogen and oxygen atoms in total. The van der Waals surface area contributed by atoms with Crippen LogP contribution in [-0.2, 0) is 4.57 Å². The summed E-state index contributed by atoms with van der Waals surface area (Å²) in [5.41, 5.74) is 5.59. The third-order valence-corrected chi connectivity index (χ3v) is 9.48. The third kappa shape index (κ3) is 2.65. The SMILES string of the molecule is CN1C=C(P(=O)(c2ccccc2)c2ccccc2)N2c3ccccc3-c3ccccc3C12. The van der Waals surface area contributed by atoms with Crippen LogP contribution < -0.4 is 15.5 Å². The minimum atomic E-state index is -3.12. The molecule has 0 aliphatic carbocycles. The van der Waals surface area contributed by atoms with Gasteiger partial charge in [-0.2, -0.15) is 0 Å². The summed E-state index contributed by atoms with van der Waals surface area (Å²) in [6.45, 7) is 0. The van der Waals surface area contributed by atoms with Gasteiger partial charge in [-0.05, 0) is 11.6 Å². The molecule has 1 unspecified atom stereocenters. The molecule has 0 aromatic heterocycles. The first-order valence-corrected chi connectivity index (χ1v) is 12.5. The van der Waals surface area contributed by atoms with Crippen LogP contribution >= 0.6 is 7.14 Å². The highest BCUT2D eigenvalue weighted by Gasteiger charge is 2.46. The molecule has 4 aromatic rings. The average Bonchev–Trinajstić information content (AvgIpc) is 3.23. The molecule has 32 heavy (non-hydrogen) atoms. The van der Waals surface area contributed by atoms with Crippen LogP contribution in [0.2, 0.25) is 0 Å².